The molecular weight excluding hydrogens is 250 g/mol. The van der Waals surface area contributed by atoms with Crippen molar-refractivity contribution in [2.45, 2.75) is 0 Å². The highest BCUT2D eigenvalue weighted by Gasteiger charge is 2.05. The number of carbonyl (C=O) groups excluding carboxylic acids is 1. The fourth-order valence-electron chi connectivity index (χ4n) is 1.41. The Labute approximate surface area is 108 Å². The standard InChI is InChI=1S/C14H10F2N2O/c15-11-2-3-13(12(16)9-11)18-14(19)4-1-10-5-7-17-8-6-10/h1-9H,(H,18,19)/b4-1+. The zero-order valence-corrected chi connectivity index (χ0v) is 9.81. The molecule has 0 saturated heterocycles. The van der Waals surface area contributed by atoms with Crippen molar-refractivity contribution in [3.8, 4) is 0 Å². The molecule has 2 aromatic rings. The van der Waals surface area contributed by atoms with Crippen molar-refractivity contribution in [3.05, 3.63) is 66.0 Å². The van der Waals surface area contributed by atoms with E-state index in [0.29, 0.717) is 6.07 Å². The van der Waals surface area contributed by atoms with Gasteiger partial charge in [0.25, 0.3) is 0 Å². The van der Waals surface area contributed by atoms with Gasteiger partial charge in [-0.3, -0.25) is 9.78 Å². The van der Waals surface area contributed by atoms with Crippen LogP contribution in [0.15, 0.2) is 48.8 Å². The average Bonchev–Trinajstić information content (AvgIpc) is 2.41. The number of aromatic nitrogens is 1. The molecule has 3 nitrogen and oxygen atoms in total. The number of hydrogen-bond acceptors (Lipinski definition) is 2. The Morgan fingerprint density at radius 3 is 2.58 bits per heavy atom. The number of halogens is 2. The molecule has 0 spiro atoms. The second-order valence-corrected chi connectivity index (χ2v) is 3.73. The summed E-state index contributed by atoms with van der Waals surface area (Å²) in [7, 11) is 0. The summed E-state index contributed by atoms with van der Waals surface area (Å²) in [4.78, 5) is 15.4. The molecule has 0 radical (unpaired) electrons. The summed E-state index contributed by atoms with van der Waals surface area (Å²) in [6.07, 6.45) is 6.02. The zero-order valence-electron chi connectivity index (χ0n) is 9.81. The first kappa shape index (κ1) is 12.9. The minimum Gasteiger partial charge on any atom is -0.320 e. The van der Waals surface area contributed by atoms with Crippen LogP contribution in [0, 0.1) is 11.6 Å². The zero-order chi connectivity index (χ0) is 13.7. The lowest BCUT2D eigenvalue weighted by Gasteiger charge is -2.03. The quantitative estimate of drug-likeness (QED) is 0.862. The molecule has 1 amide bonds. The van der Waals surface area contributed by atoms with E-state index in [1.54, 1.807) is 30.6 Å². The Morgan fingerprint density at radius 1 is 1.16 bits per heavy atom. The number of anilines is 1. The first-order valence-electron chi connectivity index (χ1n) is 5.49. The van der Waals surface area contributed by atoms with Crippen LogP contribution in [0.25, 0.3) is 6.08 Å². The number of benzene rings is 1. The molecule has 0 aliphatic carbocycles. The Hall–Kier alpha value is -2.56. The summed E-state index contributed by atoms with van der Waals surface area (Å²) in [5.74, 6) is -2.00. The van der Waals surface area contributed by atoms with E-state index in [-0.39, 0.29) is 5.69 Å². The molecule has 2 rings (SSSR count). The van der Waals surface area contributed by atoms with Crippen LogP contribution >= 0.6 is 0 Å². The molecule has 1 heterocycles. The number of hydrogen-bond donors (Lipinski definition) is 1. The van der Waals surface area contributed by atoms with E-state index in [4.69, 9.17) is 0 Å². The van der Waals surface area contributed by atoms with Crippen LogP contribution in [-0.2, 0) is 4.79 Å². The number of carbonyl (C=O) groups is 1. The predicted molar refractivity (Wildman–Crippen MR) is 68.3 cm³/mol. The van der Waals surface area contributed by atoms with Crippen molar-refractivity contribution in [1.82, 2.24) is 4.98 Å². The molecule has 1 N–H and O–H groups in total. The van der Waals surface area contributed by atoms with E-state index >= 15 is 0 Å². The molecule has 0 aliphatic rings. The summed E-state index contributed by atoms with van der Waals surface area (Å²) in [6, 6.07) is 6.40. The summed E-state index contributed by atoms with van der Waals surface area (Å²) in [6.45, 7) is 0. The third-order valence-corrected chi connectivity index (χ3v) is 2.32. The Kier molecular flexibility index (Phi) is 3.97. The SMILES string of the molecule is O=C(/C=C/c1ccncc1)Nc1ccc(F)cc1F. The van der Waals surface area contributed by atoms with Crippen LogP contribution in [-0.4, -0.2) is 10.9 Å². The maximum atomic E-state index is 13.3. The maximum absolute atomic E-state index is 13.3. The van der Waals surface area contributed by atoms with Gasteiger partial charge >= 0.3 is 0 Å². The monoisotopic (exact) mass is 260 g/mol. The lowest BCUT2D eigenvalue weighted by Crippen LogP contribution is -2.09. The first-order valence-corrected chi connectivity index (χ1v) is 5.49. The van der Waals surface area contributed by atoms with Crippen molar-refractivity contribution in [3.63, 3.8) is 0 Å². The van der Waals surface area contributed by atoms with E-state index in [1.165, 1.54) is 12.1 Å². The molecule has 5 heteroatoms. The molecule has 96 valence electrons. The topological polar surface area (TPSA) is 42.0 Å². The van der Waals surface area contributed by atoms with E-state index < -0.39 is 17.5 Å². The van der Waals surface area contributed by atoms with Gasteiger partial charge in [-0.15, -0.1) is 0 Å². The fraction of sp³-hybridized carbons (Fsp3) is 0. The van der Waals surface area contributed by atoms with Gasteiger partial charge in [0.15, 0.2) is 0 Å². The summed E-state index contributed by atoms with van der Waals surface area (Å²) in [5, 5.41) is 2.32. The van der Waals surface area contributed by atoms with E-state index in [1.807, 2.05) is 0 Å². The molecule has 0 bridgehead atoms. The molecular formula is C14H10F2N2O. The lowest BCUT2D eigenvalue weighted by atomic mass is 10.2. The van der Waals surface area contributed by atoms with E-state index in [9.17, 15) is 13.6 Å². The smallest absolute Gasteiger partial charge is 0.248 e. The van der Waals surface area contributed by atoms with Crippen molar-refractivity contribution >= 4 is 17.7 Å². The summed E-state index contributed by atoms with van der Waals surface area (Å²) >= 11 is 0. The second-order valence-electron chi connectivity index (χ2n) is 3.73. The van der Waals surface area contributed by atoms with E-state index in [0.717, 1.165) is 11.6 Å². The fourth-order valence-corrected chi connectivity index (χ4v) is 1.41. The van der Waals surface area contributed by atoms with Crippen molar-refractivity contribution in [2.75, 3.05) is 5.32 Å². The third kappa shape index (κ3) is 3.70. The maximum Gasteiger partial charge on any atom is 0.248 e. The normalized spacial score (nSPS) is 10.6. The van der Waals surface area contributed by atoms with Gasteiger partial charge in [-0.1, -0.05) is 0 Å². The van der Waals surface area contributed by atoms with Crippen LogP contribution in [0.1, 0.15) is 5.56 Å². The number of amides is 1. The molecule has 0 aliphatic heterocycles. The van der Waals surface area contributed by atoms with Crippen molar-refractivity contribution in [2.24, 2.45) is 0 Å². The first-order chi connectivity index (χ1) is 9.15. The largest absolute Gasteiger partial charge is 0.320 e. The minimum atomic E-state index is -0.814. The molecule has 1 aromatic heterocycles. The molecule has 19 heavy (non-hydrogen) atoms. The minimum absolute atomic E-state index is 0.0641. The molecule has 0 fully saturated rings. The van der Waals surface area contributed by atoms with Gasteiger partial charge in [0.05, 0.1) is 5.69 Å². The van der Waals surface area contributed by atoms with Crippen molar-refractivity contribution in [1.29, 1.82) is 0 Å². The van der Waals surface area contributed by atoms with Crippen LogP contribution in [0.4, 0.5) is 14.5 Å². The Morgan fingerprint density at radius 2 is 1.89 bits per heavy atom. The van der Waals surface area contributed by atoms with Gasteiger partial charge in [-0.2, -0.15) is 0 Å². The van der Waals surface area contributed by atoms with Gasteiger partial charge in [-0.05, 0) is 35.9 Å². The lowest BCUT2D eigenvalue weighted by molar-refractivity contribution is -0.111. The molecule has 0 unspecified atom stereocenters. The highest BCUT2D eigenvalue weighted by Crippen LogP contribution is 2.14. The van der Waals surface area contributed by atoms with Gasteiger partial charge in [0.2, 0.25) is 5.91 Å². The average molecular weight is 260 g/mol. The van der Waals surface area contributed by atoms with Crippen LogP contribution in [0.3, 0.4) is 0 Å². The molecule has 0 saturated carbocycles. The number of pyridine rings is 1. The third-order valence-electron chi connectivity index (χ3n) is 2.32. The number of rotatable bonds is 3. The molecule has 0 atom stereocenters. The van der Waals surface area contributed by atoms with Gasteiger partial charge < -0.3 is 5.32 Å². The Bertz CT molecular complexity index is 612. The van der Waals surface area contributed by atoms with Gasteiger partial charge in [0, 0.05) is 24.5 Å². The highest BCUT2D eigenvalue weighted by molar-refractivity contribution is 6.01. The highest BCUT2D eigenvalue weighted by atomic mass is 19.1. The van der Waals surface area contributed by atoms with Gasteiger partial charge in [0.1, 0.15) is 11.6 Å². The molecule has 1 aromatic carbocycles. The van der Waals surface area contributed by atoms with Gasteiger partial charge in [-0.25, -0.2) is 8.78 Å². The van der Waals surface area contributed by atoms with Crippen molar-refractivity contribution < 1.29 is 13.6 Å². The van der Waals surface area contributed by atoms with Crippen LogP contribution < -0.4 is 5.32 Å². The van der Waals surface area contributed by atoms with Crippen LogP contribution in [0.2, 0.25) is 0 Å². The number of nitrogens with one attached hydrogen (secondary N) is 1. The van der Waals surface area contributed by atoms with E-state index in [2.05, 4.69) is 10.3 Å². The van der Waals surface area contributed by atoms with Crippen LogP contribution in [0.5, 0.6) is 0 Å². The summed E-state index contributed by atoms with van der Waals surface area (Å²) in [5.41, 5.74) is 0.732. The second kappa shape index (κ2) is 5.86. The number of nitrogens with zero attached hydrogens (tertiary/aromatic N) is 1. The predicted octanol–water partition coefficient (Wildman–Crippen LogP) is 3.01. The summed E-state index contributed by atoms with van der Waals surface area (Å²) < 4.78 is 26.0. The Balaban J connectivity index is 2.04.